The molecular formula is C19H29N3O2. The summed E-state index contributed by atoms with van der Waals surface area (Å²) in [6, 6.07) is 8.12. The van der Waals surface area contributed by atoms with Gasteiger partial charge in [0.1, 0.15) is 0 Å². The van der Waals surface area contributed by atoms with Gasteiger partial charge in [-0.1, -0.05) is 0 Å². The van der Waals surface area contributed by atoms with Crippen LogP contribution in [0.25, 0.3) is 0 Å². The molecule has 0 radical (unpaired) electrons. The Balaban J connectivity index is 1.45. The summed E-state index contributed by atoms with van der Waals surface area (Å²) in [6.07, 6.45) is 5.78. The van der Waals surface area contributed by atoms with E-state index in [2.05, 4.69) is 22.3 Å². The van der Waals surface area contributed by atoms with Crippen LogP contribution in [-0.4, -0.2) is 55.2 Å². The van der Waals surface area contributed by atoms with Crippen LogP contribution >= 0.6 is 0 Å². The van der Waals surface area contributed by atoms with Crippen molar-refractivity contribution in [2.75, 3.05) is 43.4 Å². The first-order chi connectivity index (χ1) is 11.6. The number of carbonyl (C=O) groups is 1. The van der Waals surface area contributed by atoms with Gasteiger partial charge in [0, 0.05) is 31.0 Å². The molecule has 1 aliphatic heterocycles. The molecule has 2 fully saturated rings. The normalized spacial score (nSPS) is 19.4. The standard InChI is InChI=1S/C19H29N3O2/c1-21(13-18(23)15-5-6-15)14-19(24)20-16-7-9-17(10-8-16)22-11-3-2-4-12-22/h7-10,15,18,23H,2-6,11-14H2,1H3,(H,20,24). The summed E-state index contributed by atoms with van der Waals surface area (Å²) in [5, 5.41) is 12.9. The van der Waals surface area contributed by atoms with E-state index in [1.807, 2.05) is 24.1 Å². The molecule has 1 heterocycles. The molecule has 0 spiro atoms. The van der Waals surface area contributed by atoms with Gasteiger partial charge in [0.15, 0.2) is 0 Å². The van der Waals surface area contributed by atoms with E-state index < -0.39 is 0 Å². The van der Waals surface area contributed by atoms with Gasteiger partial charge in [-0.15, -0.1) is 0 Å². The zero-order chi connectivity index (χ0) is 16.9. The molecule has 1 aromatic rings. The van der Waals surface area contributed by atoms with Crippen LogP contribution in [0.1, 0.15) is 32.1 Å². The summed E-state index contributed by atoms with van der Waals surface area (Å²) in [7, 11) is 1.88. The molecule has 1 aliphatic carbocycles. The number of nitrogens with zero attached hydrogens (tertiary/aromatic N) is 2. The van der Waals surface area contributed by atoms with Gasteiger partial charge in [-0.2, -0.15) is 0 Å². The van der Waals surface area contributed by atoms with Gasteiger partial charge in [0.2, 0.25) is 5.91 Å². The molecule has 2 N–H and O–H groups in total. The first-order valence-corrected chi connectivity index (χ1v) is 9.13. The Bertz CT molecular complexity index is 536. The Hall–Kier alpha value is -1.59. The summed E-state index contributed by atoms with van der Waals surface area (Å²) >= 11 is 0. The molecule has 2 aliphatic rings. The monoisotopic (exact) mass is 331 g/mol. The number of piperidine rings is 1. The van der Waals surface area contributed by atoms with Crippen LogP contribution in [0, 0.1) is 5.92 Å². The Labute approximate surface area is 144 Å². The van der Waals surface area contributed by atoms with Crippen molar-refractivity contribution in [3.63, 3.8) is 0 Å². The van der Waals surface area contributed by atoms with E-state index in [0.717, 1.165) is 31.6 Å². The molecule has 1 unspecified atom stereocenters. The molecule has 5 nitrogen and oxygen atoms in total. The second kappa shape index (κ2) is 7.99. The SMILES string of the molecule is CN(CC(=O)Nc1ccc(N2CCCCC2)cc1)CC(O)C1CC1. The fourth-order valence-corrected chi connectivity index (χ4v) is 3.37. The van der Waals surface area contributed by atoms with E-state index in [0.29, 0.717) is 19.0 Å². The zero-order valence-corrected chi connectivity index (χ0v) is 14.6. The number of hydrogen-bond acceptors (Lipinski definition) is 4. The smallest absolute Gasteiger partial charge is 0.238 e. The zero-order valence-electron chi connectivity index (χ0n) is 14.6. The van der Waals surface area contributed by atoms with E-state index in [4.69, 9.17) is 0 Å². The van der Waals surface area contributed by atoms with Gasteiger partial charge in [-0.3, -0.25) is 9.69 Å². The van der Waals surface area contributed by atoms with Crippen molar-refractivity contribution in [1.29, 1.82) is 0 Å². The van der Waals surface area contributed by atoms with Crippen molar-refractivity contribution in [3.8, 4) is 0 Å². The van der Waals surface area contributed by atoms with Crippen molar-refractivity contribution >= 4 is 17.3 Å². The topological polar surface area (TPSA) is 55.8 Å². The second-order valence-electron chi connectivity index (χ2n) is 7.24. The third-order valence-corrected chi connectivity index (χ3v) is 4.95. The number of anilines is 2. The Kier molecular flexibility index (Phi) is 5.74. The molecule has 132 valence electrons. The molecular weight excluding hydrogens is 302 g/mol. The maximum atomic E-state index is 12.1. The predicted octanol–water partition coefficient (Wildman–Crippen LogP) is 2.32. The summed E-state index contributed by atoms with van der Waals surface area (Å²) < 4.78 is 0. The first kappa shape index (κ1) is 17.2. The van der Waals surface area contributed by atoms with Gasteiger partial charge in [0.25, 0.3) is 0 Å². The number of aliphatic hydroxyl groups is 1. The number of rotatable bonds is 7. The number of likely N-dealkylation sites (N-methyl/N-ethyl adjacent to an activating group) is 1. The van der Waals surface area contributed by atoms with Crippen LogP contribution in [-0.2, 0) is 4.79 Å². The second-order valence-corrected chi connectivity index (χ2v) is 7.24. The number of aliphatic hydroxyl groups excluding tert-OH is 1. The van der Waals surface area contributed by atoms with Gasteiger partial charge in [-0.25, -0.2) is 0 Å². The van der Waals surface area contributed by atoms with Gasteiger partial charge < -0.3 is 15.3 Å². The van der Waals surface area contributed by atoms with Crippen molar-refractivity contribution in [3.05, 3.63) is 24.3 Å². The third-order valence-electron chi connectivity index (χ3n) is 4.95. The van der Waals surface area contributed by atoms with Crippen molar-refractivity contribution in [1.82, 2.24) is 4.90 Å². The van der Waals surface area contributed by atoms with Crippen molar-refractivity contribution in [2.45, 2.75) is 38.2 Å². The number of amides is 1. The Morgan fingerprint density at radius 2 is 1.92 bits per heavy atom. The lowest BCUT2D eigenvalue weighted by atomic mass is 10.1. The maximum Gasteiger partial charge on any atom is 0.238 e. The molecule has 1 amide bonds. The summed E-state index contributed by atoms with van der Waals surface area (Å²) in [4.78, 5) is 16.4. The molecule has 24 heavy (non-hydrogen) atoms. The van der Waals surface area contributed by atoms with Gasteiger partial charge in [0.05, 0.1) is 12.6 Å². The highest BCUT2D eigenvalue weighted by atomic mass is 16.3. The van der Waals surface area contributed by atoms with Crippen LogP contribution in [0.4, 0.5) is 11.4 Å². The average Bonchev–Trinajstić information content (AvgIpc) is 3.41. The van der Waals surface area contributed by atoms with Crippen molar-refractivity contribution < 1.29 is 9.90 Å². The maximum absolute atomic E-state index is 12.1. The predicted molar refractivity (Wildman–Crippen MR) is 97.4 cm³/mol. The minimum Gasteiger partial charge on any atom is -0.392 e. The van der Waals surface area contributed by atoms with E-state index >= 15 is 0 Å². The number of carbonyl (C=O) groups excluding carboxylic acids is 1. The largest absolute Gasteiger partial charge is 0.392 e. The van der Waals surface area contributed by atoms with Crippen LogP contribution in [0.3, 0.4) is 0 Å². The lowest BCUT2D eigenvalue weighted by molar-refractivity contribution is -0.117. The number of hydrogen-bond donors (Lipinski definition) is 2. The average molecular weight is 331 g/mol. The van der Waals surface area contributed by atoms with Crippen LogP contribution < -0.4 is 10.2 Å². The molecule has 1 saturated carbocycles. The van der Waals surface area contributed by atoms with E-state index in [9.17, 15) is 9.90 Å². The minimum atomic E-state index is -0.299. The van der Waals surface area contributed by atoms with Gasteiger partial charge >= 0.3 is 0 Å². The van der Waals surface area contributed by atoms with Crippen LogP contribution in [0.15, 0.2) is 24.3 Å². The highest BCUT2D eigenvalue weighted by Gasteiger charge is 2.30. The summed E-state index contributed by atoms with van der Waals surface area (Å²) in [5.74, 6) is 0.407. The molecule has 5 heteroatoms. The molecule has 1 saturated heterocycles. The molecule has 1 aromatic carbocycles. The van der Waals surface area contributed by atoms with Gasteiger partial charge in [-0.05, 0) is 69.3 Å². The molecule has 0 aromatic heterocycles. The highest BCUT2D eigenvalue weighted by Crippen LogP contribution is 2.32. The highest BCUT2D eigenvalue weighted by molar-refractivity contribution is 5.92. The number of nitrogens with one attached hydrogen (secondary N) is 1. The van der Waals surface area contributed by atoms with E-state index in [1.165, 1.54) is 24.9 Å². The minimum absolute atomic E-state index is 0.0359. The van der Waals surface area contributed by atoms with Crippen LogP contribution in [0.5, 0.6) is 0 Å². The Morgan fingerprint density at radius 3 is 2.54 bits per heavy atom. The van der Waals surface area contributed by atoms with Crippen molar-refractivity contribution in [2.24, 2.45) is 5.92 Å². The quantitative estimate of drug-likeness (QED) is 0.805. The molecule has 1 atom stereocenters. The number of benzene rings is 1. The van der Waals surface area contributed by atoms with E-state index in [-0.39, 0.29) is 12.0 Å². The molecule has 3 rings (SSSR count). The summed E-state index contributed by atoms with van der Waals surface area (Å²) in [5.41, 5.74) is 2.06. The molecule has 0 bridgehead atoms. The fourth-order valence-electron chi connectivity index (χ4n) is 3.37. The third kappa shape index (κ3) is 4.95. The lowest BCUT2D eigenvalue weighted by Gasteiger charge is -2.28. The summed E-state index contributed by atoms with van der Waals surface area (Å²) in [6.45, 7) is 3.11. The lowest BCUT2D eigenvalue weighted by Crippen LogP contribution is -2.36. The first-order valence-electron chi connectivity index (χ1n) is 9.13. The van der Waals surface area contributed by atoms with E-state index in [1.54, 1.807) is 0 Å². The van der Waals surface area contributed by atoms with Crippen LogP contribution in [0.2, 0.25) is 0 Å². The fraction of sp³-hybridized carbons (Fsp3) is 0.632. The Morgan fingerprint density at radius 1 is 1.25 bits per heavy atom.